The van der Waals surface area contributed by atoms with Crippen molar-refractivity contribution in [3.05, 3.63) is 23.6 Å². The van der Waals surface area contributed by atoms with E-state index in [1.54, 1.807) is 0 Å². The number of hydrogen-bond acceptors (Lipinski definition) is 5. The maximum absolute atomic E-state index is 11.0. The fourth-order valence-corrected chi connectivity index (χ4v) is 7.07. The fourth-order valence-electron chi connectivity index (χ4n) is 6.09. The topological polar surface area (TPSA) is 58.4 Å². The van der Waals surface area contributed by atoms with Crippen LogP contribution in [-0.4, -0.2) is 59.2 Å². The number of fused-ring (bicyclic) bond motifs is 1. The molecule has 0 aromatic heterocycles. The molecule has 4 saturated heterocycles. The highest BCUT2D eigenvalue weighted by Crippen LogP contribution is 2.44. The molecule has 0 bridgehead atoms. The number of cyclic esters (lactones) is 1. The van der Waals surface area contributed by atoms with Crippen molar-refractivity contribution in [2.24, 2.45) is 0 Å². The van der Waals surface area contributed by atoms with Gasteiger partial charge in [0.1, 0.15) is 11.7 Å². The minimum Gasteiger partial charge on any atom is -0.462 e. The van der Waals surface area contributed by atoms with Crippen LogP contribution in [0.1, 0.15) is 118 Å². The zero-order chi connectivity index (χ0) is 26.7. The zero-order valence-corrected chi connectivity index (χ0v) is 25.2. The molecule has 4 heterocycles. The summed E-state index contributed by atoms with van der Waals surface area (Å²) in [7, 11) is 0. The number of esters is 1. The SMILES string of the molecule is C.C=C1C[C@H](CCCC)O[C@H]1CCC1CCC(=O)O1.[C-]#[N+]CC[C@H]1CC[C@@H]2O[C@@H](CCCC)C[C@]2(CI)O1. The molecule has 0 spiro atoms. The van der Waals surface area contributed by atoms with Gasteiger partial charge < -0.3 is 23.8 Å². The van der Waals surface area contributed by atoms with Gasteiger partial charge in [0.25, 0.3) is 0 Å². The van der Waals surface area contributed by atoms with E-state index in [4.69, 9.17) is 25.5 Å². The van der Waals surface area contributed by atoms with Crippen LogP contribution < -0.4 is 0 Å². The van der Waals surface area contributed by atoms with E-state index in [9.17, 15) is 4.79 Å². The largest absolute Gasteiger partial charge is 0.462 e. The average molecular weight is 646 g/mol. The summed E-state index contributed by atoms with van der Waals surface area (Å²) in [5.74, 6) is -0.0491. The lowest BCUT2D eigenvalue weighted by atomic mass is 9.87. The van der Waals surface area contributed by atoms with Crippen LogP contribution in [0.25, 0.3) is 4.85 Å². The van der Waals surface area contributed by atoms with E-state index in [2.05, 4.69) is 47.9 Å². The predicted molar refractivity (Wildman–Crippen MR) is 162 cm³/mol. The number of carbonyl (C=O) groups is 1. The highest BCUT2D eigenvalue weighted by atomic mass is 127. The Labute approximate surface area is 245 Å². The van der Waals surface area contributed by atoms with Crippen LogP contribution in [0.4, 0.5) is 0 Å². The Balaban J connectivity index is 0.000000260. The van der Waals surface area contributed by atoms with Gasteiger partial charge >= 0.3 is 5.97 Å². The van der Waals surface area contributed by atoms with Crippen LogP contribution in [0, 0.1) is 6.57 Å². The molecule has 4 rings (SSSR count). The fraction of sp³-hybridized carbons (Fsp3) is 0.871. The van der Waals surface area contributed by atoms with Crippen molar-refractivity contribution < 1.29 is 23.7 Å². The van der Waals surface area contributed by atoms with Crippen molar-refractivity contribution in [1.29, 1.82) is 0 Å². The van der Waals surface area contributed by atoms with Crippen molar-refractivity contribution in [2.45, 2.75) is 160 Å². The van der Waals surface area contributed by atoms with Crippen molar-refractivity contribution >= 4 is 28.6 Å². The minimum atomic E-state index is -0.0656. The van der Waals surface area contributed by atoms with Gasteiger partial charge in [0.05, 0.1) is 30.5 Å². The summed E-state index contributed by atoms with van der Waals surface area (Å²) < 4.78 is 24.9. The van der Waals surface area contributed by atoms with Crippen LogP contribution in [0.2, 0.25) is 0 Å². The van der Waals surface area contributed by atoms with Crippen molar-refractivity contribution in [1.82, 2.24) is 0 Å². The van der Waals surface area contributed by atoms with Gasteiger partial charge in [0.2, 0.25) is 6.54 Å². The molecule has 1 unspecified atom stereocenters. The van der Waals surface area contributed by atoms with E-state index in [0.29, 0.717) is 25.2 Å². The monoisotopic (exact) mass is 645 g/mol. The molecule has 0 amide bonds. The third-order valence-corrected chi connectivity index (χ3v) is 9.53. The van der Waals surface area contributed by atoms with E-state index in [0.717, 1.165) is 62.2 Å². The Hall–Kier alpha value is -0.690. The number of carbonyl (C=O) groups excluding carboxylic acids is 1. The van der Waals surface area contributed by atoms with Gasteiger partial charge in [-0.3, -0.25) is 4.79 Å². The first-order valence-electron chi connectivity index (χ1n) is 14.7. The lowest BCUT2D eigenvalue weighted by molar-refractivity contribution is -0.152. The minimum absolute atomic E-state index is 0. The maximum atomic E-state index is 11.0. The Morgan fingerprint density at radius 3 is 2.34 bits per heavy atom. The summed E-state index contributed by atoms with van der Waals surface area (Å²) in [6.07, 6.45) is 17.3. The summed E-state index contributed by atoms with van der Waals surface area (Å²) in [5, 5.41) is 0. The Morgan fingerprint density at radius 2 is 1.71 bits per heavy atom. The van der Waals surface area contributed by atoms with E-state index < -0.39 is 0 Å². The molecule has 0 N–H and O–H groups in total. The first-order valence-corrected chi connectivity index (χ1v) is 16.2. The van der Waals surface area contributed by atoms with Crippen molar-refractivity contribution in [3.8, 4) is 0 Å². The summed E-state index contributed by atoms with van der Waals surface area (Å²) in [5.41, 5.74) is 1.16. The van der Waals surface area contributed by atoms with Crippen LogP contribution in [0.5, 0.6) is 0 Å². The average Bonchev–Trinajstić information content (AvgIpc) is 3.60. The standard InChI is InChI=1S/C15H24INO2.C15H24O3.CH4/c1-3-4-5-13-10-15(11-16)14(18-13)7-6-12(19-15)8-9-17-2;1-3-4-5-13-10-11(2)14(17-13)8-6-12-7-9-15(16)18-12;/h12-14H,3-11H2,1H3;12-14H,2-10H2,1H3;1H4/t12-,13+,14+,15-;12?,13-,14-;/m10./s1. The Kier molecular flexibility index (Phi) is 15.2. The molecule has 4 fully saturated rings. The van der Waals surface area contributed by atoms with Gasteiger partial charge in [0, 0.05) is 23.7 Å². The van der Waals surface area contributed by atoms with Crippen LogP contribution in [0.15, 0.2) is 12.2 Å². The first-order chi connectivity index (χ1) is 17.9. The van der Waals surface area contributed by atoms with Crippen molar-refractivity contribution in [2.75, 3.05) is 11.0 Å². The molecule has 218 valence electrons. The van der Waals surface area contributed by atoms with Gasteiger partial charge in [-0.2, -0.15) is 0 Å². The van der Waals surface area contributed by atoms with Gasteiger partial charge in [-0.1, -0.05) is 76.1 Å². The van der Waals surface area contributed by atoms with Gasteiger partial charge in [-0.05, 0) is 56.9 Å². The molecule has 0 aromatic carbocycles. The van der Waals surface area contributed by atoms with Crippen molar-refractivity contribution in [3.63, 3.8) is 0 Å². The molecule has 38 heavy (non-hydrogen) atoms. The highest BCUT2D eigenvalue weighted by molar-refractivity contribution is 14.1. The van der Waals surface area contributed by atoms with E-state index in [1.807, 2.05) is 0 Å². The van der Waals surface area contributed by atoms with Gasteiger partial charge in [0.15, 0.2) is 0 Å². The molecular weight excluding hydrogens is 593 g/mol. The molecule has 6 nitrogen and oxygen atoms in total. The first kappa shape index (κ1) is 33.5. The molecular formula is C31H52INO5. The van der Waals surface area contributed by atoms with Crippen LogP contribution in [0.3, 0.4) is 0 Å². The second-order valence-electron chi connectivity index (χ2n) is 11.3. The molecule has 4 aliphatic rings. The predicted octanol–water partition coefficient (Wildman–Crippen LogP) is 8.01. The highest BCUT2D eigenvalue weighted by Gasteiger charge is 2.52. The third kappa shape index (κ3) is 9.74. The quantitative estimate of drug-likeness (QED) is 0.0708. The number of halogens is 1. The molecule has 7 heteroatoms. The molecule has 0 aliphatic carbocycles. The molecule has 4 aliphatic heterocycles. The summed E-state index contributed by atoms with van der Waals surface area (Å²) in [6, 6.07) is 0. The molecule has 0 aromatic rings. The summed E-state index contributed by atoms with van der Waals surface area (Å²) in [4.78, 5) is 14.5. The smallest absolute Gasteiger partial charge is 0.306 e. The van der Waals surface area contributed by atoms with E-state index >= 15 is 0 Å². The maximum Gasteiger partial charge on any atom is 0.306 e. The Bertz CT molecular complexity index is 770. The van der Waals surface area contributed by atoms with Crippen LogP contribution in [-0.2, 0) is 23.7 Å². The third-order valence-electron chi connectivity index (χ3n) is 8.24. The van der Waals surface area contributed by atoms with E-state index in [1.165, 1.54) is 37.7 Å². The summed E-state index contributed by atoms with van der Waals surface area (Å²) in [6.45, 7) is 16.1. The number of nitrogens with zero attached hydrogens (tertiary/aromatic N) is 1. The number of alkyl halides is 1. The number of rotatable bonds is 12. The number of ether oxygens (including phenoxy) is 4. The molecule has 7 atom stereocenters. The lowest BCUT2D eigenvalue weighted by Crippen LogP contribution is -2.49. The number of unbranched alkanes of at least 4 members (excludes halogenated alkanes) is 2. The zero-order valence-electron chi connectivity index (χ0n) is 23.1. The number of hydrogen-bond donors (Lipinski definition) is 0. The van der Waals surface area contributed by atoms with Gasteiger partial charge in [-0.25, -0.2) is 6.57 Å². The van der Waals surface area contributed by atoms with Crippen LogP contribution >= 0.6 is 22.6 Å². The second-order valence-corrected chi connectivity index (χ2v) is 12.0. The molecule has 0 saturated carbocycles. The molecule has 0 radical (unpaired) electrons. The van der Waals surface area contributed by atoms with E-state index in [-0.39, 0.29) is 43.4 Å². The normalized spacial score (nSPS) is 34.1. The second kappa shape index (κ2) is 17.2. The Morgan fingerprint density at radius 1 is 0.974 bits per heavy atom. The summed E-state index contributed by atoms with van der Waals surface area (Å²) >= 11 is 2.44. The van der Waals surface area contributed by atoms with Gasteiger partial charge in [-0.15, -0.1) is 0 Å². The lowest BCUT2D eigenvalue weighted by Gasteiger charge is -2.40.